The quantitative estimate of drug-likeness (QED) is 0.0701. The van der Waals surface area contributed by atoms with E-state index in [1.165, 1.54) is 36.3 Å². The molecule has 0 fully saturated rings. The normalized spacial score (nSPS) is 11.8. The first-order chi connectivity index (χ1) is 25.9. The van der Waals surface area contributed by atoms with Crippen molar-refractivity contribution in [3.63, 3.8) is 0 Å². The molecule has 0 aliphatic carbocycles. The van der Waals surface area contributed by atoms with E-state index in [2.05, 4.69) is 98.8 Å². The molecule has 3 nitrogen and oxygen atoms in total. The zero-order valence-electron chi connectivity index (χ0n) is 34.7. The van der Waals surface area contributed by atoms with E-state index in [0.29, 0.717) is 5.02 Å². The Kier molecular flexibility index (Phi) is 20.5. The van der Waals surface area contributed by atoms with E-state index in [1.54, 1.807) is 0 Å². The second-order valence-electron chi connectivity index (χ2n) is 14.3. The summed E-state index contributed by atoms with van der Waals surface area (Å²) in [6.07, 6.45) is 0. The second-order valence-corrected chi connectivity index (χ2v) is 25.0. The van der Waals surface area contributed by atoms with Crippen LogP contribution in [0.2, 0.25) is 41.3 Å². The Labute approximate surface area is 351 Å². The molecular formula is C48H62ClFeN3Si2. The molecule has 0 radical (unpaired) electrons. The number of pyridine rings is 1. The predicted octanol–water partition coefficient (Wildman–Crippen LogP) is 14.7. The maximum atomic E-state index is 6.58. The summed E-state index contributed by atoms with van der Waals surface area (Å²) in [5, 5.41) is 0.608. The molecule has 0 aliphatic heterocycles. The Balaban J connectivity index is 0.000000517. The number of halogens is 1. The van der Waals surface area contributed by atoms with Gasteiger partial charge in [-0.15, -0.1) is 0 Å². The fourth-order valence-corrected chi connectivity index (χ4v) is 9.16. The monoisotopic (exact) mass is 827 g/mol. The van der Waals surface area contributed by atoms with E-state index < -0.39 is 16.1 Å². The van der Waals surface area contributed by atoms with Crippen molar-refractivity contribution in [2.45, 2.75) is 98.6 Å². The van der Waals surface area contributed by atoms with Crippen molar-refractivity contribution < 1.29 is 17.1 Å². The average Bonchev–Trinajstić information content (AvgIpc) is 3.21. The van der Waals surface area contributed by atoms with Crippen LogP contribution in [-0.4, -0.2) is 32.6 Å². The van der Waals surface area contributed by atoms with Gasteiger partial charge in [0.05, 0.1) is 39.2 Å². The van der Waals surface area contributed by atoms with E-state index in [-0.39, 0.29) is 17.1 Å². The van der Waals surface area contributed by atoms with E-state index in [1.807, 2.05) is 91.9 Å². The van der Waals surface area contributed by atoms with Crippen molar-refractivity contribution in [2.75, 3.05) is 0 Å². The number of rotatable bonds is 12. The van der Waals surface area contributed by atoms with Crippen LogP contribution in [0.3, 0.4) is 0 Å². The fourth-order valence-electron chi connectivity index (χ4n) is 5.90. The smallest absolute Gasteiger partial charge is 0.342 e. The molecule has 5 rings (SSSR count). The summed E-state index contributed by atoms with van der Waals surface area (Å²) >= 11 is 6.58. The van der Waals surface area contributed by atoms with Gasteiger partial charge in [0.2, 0.25) is 0 Å². The summed E-state index contributed by atoms with van der Waals surface area (Å²) < 4.78 is 0. The number of para-hydroxylation sites is 2. The van der Waals surface area contributed by atoms with Gasteiger partial charge in [-0.2, -0.15) is 0 Å². The predicted molar refractivity (Wildman–Crippen MR) is 245 cm³/mol. The average molecular weight is 829 g/mol. The van der Waals surface area contributed by atoms with Gasteiger partial charge in [-0.3, -0.25) is 0 Å². The Morgan fingerprint density at radius 1 is 0.491 bits per heavy atom. The van der Waals surface area contributed by atoms with Gasteiger partial charge in [0.15, 0.2) is 0 Å². The van der Waals surface area contributed by atoms with Crippen LogP contribution in [-0.2, 0) is 17.1 Å². The van der Waals surface area contributed by atoms with Gasteiger partial charge in [0.25, 0.3) is 0 Å². The van der Waals surface area contributed by atoms with Crippen molar-refractivity contribution in [1.29, 1.82) is 0 Å². The van der Waals surface area contributed by atoms with Gasteiger partial charge in [-0.05, 0) is 55.7 Å². The number of aliphatic imine (C=N–C) groups is 2. The maximum absolute atomic E-state index is 6.58. The molecular weight excluding hydrogens is 766 g/mol. The minimum atomic E-state index is -0.921. The largest absolute Gasteiger partial charge is 2.00 e. The zero-order valence-corrected chi connectivity index (χ0v) is 38.6. The van der Waals surface area contributed by atoms with Crippen LogP contribution in [0, 0.1) is 33.9 Å². The van der Waals surface area contributed by atoms with Crippen LogP contribution >= 0.6 is 11.6 Å². The molecule has 1 heterocycles. The molecule has 0 saturated carbocycles. The molecule has 7 heteroatoms. The first kappa shape index (κ1) is 47.8. The summed E-state index contributed by atoms with van der Waals surface area (Å²) in [6, 6.07) is 46.4. The number of nitrogens with zero attached hydrogens (tertiary/aromatic N) is 3. The molecule has 55 heavy (non-hydrogen) atoms. The van der Waals surface area contributed by atoms with Crippen molar-refractivity contribution >= 4 is 50.5 Å². The molecule has 0 aliphatic rings. The standard InChI is InChI=1S/C34H28ClN3.2C7H17Si.Fe/c1-23-13-10-14-24(2)31(23)37-33(26-16-6-4-7-17-26)29-21-12-22-30(36-29)34(27-18-8-5-9-19-27)38-32-25(3)15-11-20-28(32)35;2*1-5-8(4,6-2)7-3;/h4-22H,1-3H3;2*4-7H2,1-3H3;/q;2*-1;+2. The van der Waals surface area contributed by atoms with Crippen molar-refractivity contribution in [3.8, 4) is 0 Å². The van der Waals surface area contributed by atoms with Crippen LogP contribution < -0.4 is 0 Å². The first-order valence-electron chi connectivity index (χ1n) is 19.7. The third-order valence-corrected chi connectivity index (χ3v) is 20.2. The summed E-state index contributed by atoms with van der Waals surface area (Å²) in [6.45, 7) is 28.3. The molecule has 0 N–H and O–H groups in total. The maximum Gasteiger partial charge on any atom is 2.00 e. The van der Waals surface area contributed by atoms with Crippen molar-refractivity contribution in [2.24, 2.45) is 9.98 Å². The van der Waals surface area contributed by atoms with Gasteiger partial charge in [-0.25, -0.2) is 15.0 Å². The summed E-state index contributed by atoms with van der Waals surface area (Å²) in [5.74, 6) is 0. The third kappa shape index (κ3) is 13.9. The van der Waals surface area contributed by atoms with Crippen LogP contribution in [0.4, 0.5) is 11.4 Å². The summed E-state index contributed by atoms with van der Waals surface area (Å²) in [7, 11) is -1.84. The Morgan fingerprint density at radius 3 is 1.16 bits per heavy atom. The van der Waals surface area contributed by atoms with Crippen molar-refractivity contribution in [1.82, 2.24) is 4.98 Å². The second kappa shape index (κ2) is 23.6. The van der Waals surface area contributed by atoms with Crippen molar-refractivity contribution in [3.05, 3.63) is 173 Å². The zero-order chi connectivity index (χ0) is 39.7. The fraction of sp³-hybridized carbons (Fsp3) is 0.312. The summed E-state index contributed by atoms with van der Waals surface area (Å²) in [4.78, 5) is 15.4. The van der Waals surface area contributed by atoms with E-state index in [9.17, 15) is 0 Å². The van der Waals surface area contributed by atoms with Crippen LogP contribution in [0.25, 0.3) is 0 Å². The van der Waals surface area contributed by atoms with E-state index in [0.717, 1.165) is 62.0 Å². The van der Waals surface area contributed by atoms with E-state index in [4.69, 9.17) is 26.6 Å². The van der Waals surface area contributed by atoms with Gasteiger partial charge in [0.1, 0.15) is 0 Å². The van der Waals surface area contributed by atoms with Crippen LogP contribution in [0.15, 0.2) is 125 Å². The molecule has 4 aromatic carbocycles. The van der Waals surface area contributed by atoms with E-state index >= 15 is 0 Å². The minimum Gasteiger partial charge on any atom is -0.342 e. The molecule has 292 valence electrons. The number of benzene rings is 4. The number of hydrogen-bond acceptors (Lipinski definition) is 3. The number of aryl methyl sites for hydroxylation is 3. The van der Waals surface area contributed by atoms with Gasteiger partial charge in [-0.1, -0.05) is 203 Å². The minimum absolute atomic E-state index is 0. The first-order valence-corrected chi connectivity index (χ1v) is 25.7. The number of aromatic nitrogens is 1. The van der Waals surface area contributed by atoms with Crippen LogP contribution in [0.5, 0.6) is 0 Å². The van der Waals surface area contributed by atoms with Gasteiger partial charge >= 0.3 is 17.1 Å². The third-order valence-electron chi connectivity index (χ3n) is 10.9. The van der Waals surface area contributed by atoms with Gasteiger partial charge in [0, 0.05) is 11.1 Å². The Morgan fingerprint density at radius 2 is 0.818 bits per heavy atom. The number of hydrogen-bond donors (Lipinski definition) is 0. The molecule has 0 atom stereocenters. The molecule has 0 unspecified atom stereocenters. The SMILES string of the molecule is Cc1cccc(C)c1N=C(c1ccccc1)c1cccc(C(=Nc2c(C)cccc2Cl)c2ccccc2)n1.[CH2-][Si](CC)(CC)CC.[CH2-][Si](CC)(CC)CC.[Fe+2]. The van der Waals surface area contributed by atoms with Crippen LogP contribution in [0.1, 0.15) is 80.7 Å². The molecule has 0 spiro atoms. The topological polar surface area (TPSA) is 37.6 Å². The Bertz CT molecular complexity index is 1760. The molecule has 0 amide bonds. The molecule has 5 aromatic rings. The van der Waals surface area contributed by atoms with Gasteiger partial charge < -0.3 is 13.1 Å². The molecule has 0 saturated heterocycles. The Hall–Kier alpha value is -3.39. The molecule has 1 aromatic heterocycles. The molecule has 0 bridgehead atoms. The summed E-state index contributed by atoms with van der Waals surface area (Å²) in [5.41, 5.74) is 10.00.